The molecule has 6 nitrogen and oxygen atoms in total. The molecule has 2 rings (SSSR count). The van der Waals surface area contributed by atoms with Crippen LogP contribution >= 0.6 is 0 Å². The van der Waals surface area contributed by atoms with Crippen LogP contribution in [0.1, 0.15) is 0 Å². The van der Waals surface area contributed by atoms with Gasteiger partial charge >= 0.3 is 5.69 Å². The van der Waals surface area contributed by atoms with Crippen molar-refractivity contribution in [1.29, 1.82) is 0 Å². The first-order valence-electron chi connectivity index (χ1n) is 4.09. The molecule has 1 aromatic carbocycles. The maximum atomic E-state index is 11.3. The van der Waals surface area contributed by atoms with E-state index in [4.69, 9.17) is 0 Å². The summed E-state index contributed by atoms with van der Waals surface area (Å²) in [7, 11) is 0. The standard InChI is InChI=1S/C9H6N2O4/c12-9-7(11(14)15)4-3-6-2-1-5-10(13)8(6)9/h1-5,12H. The molecule has 0 unspecified atom stereocenters. The third-order valence-corrected chi connectivity index (χ3v) is 2.08. The van der Waals surface area contributed by atoms with Crippen LogP contribution in [0.3, 0.4) is 0 Å². The number of hydrogen-bond donors (Lipinski definition) is 1. The Bertz CT molecular complexity index is 553. The number of aromatic hydroxyl groups is 1. The van der Waals surface area contributed by atoms with Gasteiger partial charge in [-0.05, 0) is 12.1 Å². The number of phenolic OH excluding ortho intramolecular Hbond substituents is 1. The van der Waals surface area contributed by atoms with Crippen LogP contribution in [0.4, 0.5) is 5.69 Å². The zero-order chi connectivity index (χ0) is 11.0. The first-order valence-corrected chi connectivity index (χ1v) is 4.09. The quantitative estimate of drug-likeness (QED) is 0.327. The van der Waals surface area contributed by atoms with Gasteiger partial charge in [-0.2, -0.15) is 4.73 Å². The van der Waals surface area contributed by atoms with Crippen LogP contribution in [-0.2, 0) is 0 Å². The van der Waals surface area contributed by atoms with Crippen molar-refractivity contribution in [2.45, 2.75) is 0 Å². The predicted molar refractivity (Wildman–Crippen MR) is 51.2 cm³/mol. The molecule has 6 heteroatoms. The summed E-state index contributed by atoms with van der Waals surface area (Å²) in [4.78, 5) is 9.78. The lowest BCUT2D eigenvalue weighted by molar-refractivity contribution is -0.577. The monoisotopic (exact) mass is 206 g/mol. The van der Waals surface area contributed by atoms with E-state index in [-0.39, 0.29) is 5.52 Å². The summed E-state index contributed by atoms with van der Waals surface area (Å²) in [6, 6.07) is 5.67. The fourth-order valence-electron chi connectivity index (χ4n) is 1.40. The highest BCUT2D eigenvalue weighted by Crippen LogP contribution is 2.31. The van der Waals surface area contributed by atoms with E-state index in [1.807, 2.05) is 0 Å². The molecule has 0 atom stereocenters. The predicted octanol–water partition coefficient (Wildman–Crippen LogP) is 1.09. The average molecular weight is 206 g/mol. The zero-order valence-electron chi connectivity index (χ0n) is 7.45. The number of rotatable bonds is 1. The molecule has 0 fully saturated rings. The Morgan fingerprint density at radius 3 is 2.73 bits per heavy atom. The molecule has 0 spiro atoms. The minimum atomic E-state index is -0.734. The summed E-state index contributed by atoms with van der Waals surface area (Å²) < 4.78 is 0.400. The van der Waals surface area contributed by atoms with E-state index in [0.717, 1.165) is 6.07 Å². The molecule has 1 aromatic heterocycles. The number of nitro benzene ring substituents is 1. The molecule has 0 amide bonds. The second-order valence-corrected chi connectivity index (χ2v) is 2.96. The highest BCUT2D eigenvalue weighted by Gasteiger charge is 2.21. The van der Waals surface area contributed by atoms with Gasteiger partial charge in [0.05, 0.1) is 10.3 Å². The largest absolute Gasteiger partial charge is 0.618 e. The van der Waals surface area contributed by atoms with Gasteiger partial charge in [0.15, 0.2) is 6.20 Å². The summed E-state index contributed by atoms with van der Waals surface area (Å²) in [5.74, 6) is -0.604. The number of benzene rings is 1. The number of aromatic nitrogens is 1. The summed E-state index contributed by atoms with van der Waals surface area (Å²) in [5.41, 5.74) is -0.565. The highest BCUT2D eigenvalue weighted by atomic mass is 16.6. The van der Waals surface area contributed by atoms with E-state index in [1.54, 1.807) is 6.07 Å². The zero-order valence-corrected chi connectivity index (χ0v) is 7.45. The van der Waals surface area contributed by atoms with Crippen molar-refractivity contribution in [2.24, 2.45) is 0 Å². The molecular weight excluding hydrogens is 200 g/mol. The average Bonchev–Trinajstić information content (AvgIpc) is 2.17. The van der Waals surface area contributed by atoms with Crippen molar-refractivity contribution in [3.05, 3.63) is 45.8 Å². The fraction of sp³-hybridized carbons (Fsp3) is 0. The Morgan fingerprint density at radius 2 is 2.07 bits per heavy atom. The molecule has 1 N–H and O–H groups in total. The topological polar surface area (TPSA) is 90.3 Å². The molecule has 0 saturated heterocycles. The van der Waals surface area contributed by atoms with Gasteiger partial charge in [-0.15, -0.1) is 0 Å². The Hall–Kier alpha value is -2.37. The minimum Gasteiger partial charge on any atom is -0.618 e. The number of fused-ring (bicyclic) bond motifs is 1. The van der Waals surface area contributed by atoms with Gasteiger partial charge in [0.2, 0.25) is 0 Å². The summed E-state index contributed by atoms with van der Waals surface area (Å²) in [5, 5.41) is 31.8. The van der Waals surface area contributed by atoms with Crippen LogP contribution in [0.15, 0.2) is 30.5 Å². The maximum Gasteiger partial charge on any atom is 0.317 e. The van der Waals surface area contributed by atoms with Crippen LogP contribution in [0, 0.1) is 15.3 Å². The number of hydrogen-bond acceptors (Lipinski definition) is 4. The van der Waals surface area contributed by atoms with Crippen LogP contribution in [0.5, 0.6) is 5.75 Å². The first kappa shape index (κ1) is 9.20. The summed E-state index contributed by atoms with van der Waals surface area (Å²) in [6.45, 7) is 0. The van der Waals surface area contributed by atoms with Crippen LogP contribution in [0.25, 0.3) is 10.9 Å². The van der Waals surface area contributed by atoms with Crippen molar-refractivity contribution >= 4 is 16.6 Å². The number of nitrogens with zero attached hydrogens (tertiary/aromatic N) is 2. The number of phenols is 1. The van der Waals surface area contributed by atoms with Crippen molar-refractivity contribution in [3.63, 3.8) is 0 Å². The Kier molecular flexibility index (Phi) is 1.89. The Balaban J connectivity index is 2.89. The van der Waals surface area contributed by atoms with E-state index in [1.165, 1.54) is 18.3 Å². The molecule has 0 radical (unpaired) electrons. The highest BCUT2D eigenvalue weighted by molar-refractivity contribution is 5.85. The SMILES string of the molecule is O=[N+]([O-])c1ccc2ccc[n+]([O-])c2c1O. The number of pyridine rings is 1. The van der Waals surface area contributed by atoms with E-state index >= 15 is 0 Å². The third kappa shape index (κ3) is 1.32. The molecule has 2 aromatic rings. The lowest BCUT2D eigenvalue weighted by Crippen LogP contribution is -2.25. The lowest BCUT2D eigenvalue weighted by atomic mass is 10.2. The van der Waals surface area contributed by atoms with Gasteiger partial charge in [0.1, 0.15) is 0 Å². The van der Waals surface area contributed by atoms with Gasteiger partial charge in [0, 0.05) is 12.1 Å². The van der Waals surface area contributed by atoms with Crippen LogP contribution < -0.4 is 4.73 Å². The summed E-state index contributed by atoms with van der Waals surface area (Å²) >= 11 is 0. The molecule has 0 bridgehead atoms. The van der Waals surface area contributed by atoms with Gasteiger partial charge in [0.25, 0.3) is 11.3 Å². The maximum absolute atomic E-state index is 11.3. The summed E-state index contributed by atoms with van der Waals surface area (Å²) in [6.07, 6.45) is 1.17. The molecule has 0 aliphatic heterocycles. The molecule has 0 aliphatic rings. The Labute approximate surface area is 83.7 Å². The van der Waals surface area contributed by atoms with E-state index in [2.05, 4.69) is 0 Å². The fourth-order valence-corrected chi connectivity index (χ4v) is 1.40. The van der Waals surface area contributed by atoms with Gasteiger partial charge in [-0.3, -0.25) is 10.1 Å². The van der Waals surface area contributed by atoms with E-state index in [9.17, 15) is 20.4 Å². The molecule has 76 valence electrons. The van der Waals surface area contributed by atoms with Crippen LogP contribution in [0.2, 0.25) is 0 Å². The normalized spacial score (nSPS) is 10.4. The molecule has 1 heterocycles. The first-order chi connectivity index (χ1) is 7.11. The lowest BCUT2D eigenvalue weighted by Gasteiger charge is -2.02. The molecular formula is C9H6N2O4. The van der Waals surface area contributed by atoms with E-state index in [0.29, 0.717) is 10.1 Å². The minimum absolute atomic E-state index is 0.0910. The second kappa shape index (κ2) is 3.09. The van der Waals surface area contributed by atoms with E-state index < -0.39 is 16.4 Å². The molecule has 0 saturated carbocycles. The van der Waals surface area contributed by atoms with Crippen molar-refractivity contribution in [3.8, 4) is 5.75 Å². The molecule has 15 heavy (non-hydrogen) atoms. The van der Waals surface area contributed by atoms with Gasteiger partial charge in [-0.1, -0.05) is 0 Å². The smallest absolute Gasteiger partial charge is 0.317 e. The van der Waals surface area contributed by atoms with Gasteiger partial charge < -0.3 is 10.3 Å². The Morgan fingerprint density at radius 1 is 1.33 bits per heavy atom. The third-order valence-electron chi connectivity index (χ3n) is 2.08. The van der Waals surface area contributed by atoms with Gasteiger partial charge in [-0.25, -0.2) is 0 Å². The van der Waals surface area contributed by atoms with Crippen molar-refractivity contribution in [1.82, 2.24) is 0 Å². The number of nitro groups is 1. The second-order valence-electron chi connectivity index (χ2n) is 2.96. The molecule has 0 aliphatic carbocycles. The van der Waals surface area contributed by atoms with Crippen molar-refractivity contribution in [2.75, 3.05) is 0 Å². The van der Waals surface area contributed by atoms with Crippen LogP contribution in [-0.4, -0.2) is 10.0 Å². The van der Waals surface area contributed by atoms with Crippen molar-refractivity contribution < 1.29 is 14.8 Å².